The Hall–Kier alpha value is -1.39. The molecule has 0 saturated carbocycles. The van der Waals surface area contributed by atoms with Gasteiger partial charge in [-0.1, -0.05) is 19.1 Å². The lowest BCUT2D eigenvalue weighted by molar-refractivity contribution is 0.932. The Morgan fingerprint density at radius 2 is 2.12 bits per heavy atom. The molecule has 4 heteroatoms. The summed E-state index contributed by atoms with van der Waals surface area (Å²) >= 11 is 1.66. The van der Waals surface area contributed by atoms with Crippen LogP contribution in [-0.2, 0) is 0 Å². The predicted molar refractivity (Wildman–Crippen MR) is 69.9 cm³/mol. The van der Waals surface area contributed by atoms with E-state index in [-0.39, 0.29) is 0 Å². The van der Waals surface area contributed by atoms with Crippen molar-refractivity contribution in [2.75, 3.05) is 6.54 Å². The molecule has 0 atom stereocenters. The molecule has 0 bridgehead atoms. The third kappa shape index (κ3) is 2.08. The number of aromatic nitrogens is 2. The number of hydrogen-bond acceptors (Lipinski definition) is 3. The normalized spacial score (nSPS) is 10.4. The Balaban J connectivity index is 0.000000212. The standard InChI is InChI=1S/C9H6N2S.C3H9N/c1-2-4-8-7(3-1)10-9-11(8)5-6-12-9;1-2-3-4/h1-6H;2-4H2,1H3. The summed E-state index contributed by atoms with van der Waals surface area (Å²) in [6.45, 7) is 2.88. The van der Waals surface area contributed by atoms with Gasteiger partial charge in [0, 0.05) is 11.6 Å². The van der Waals surface area contributed by atoms with Gasteiger partial charge in [-0.2, -0.15) is 0 Å². The van der Waals surface area contributed by atoms with Gasteiger partial charge in [0.1, 0.15) is 0 Å². The van der Waals surface area contributed by atoms with Crippen molar-refractivity contribution >= 4 is 27.3 Å². The summed E-state index contributed by atoms with van der Waals surface area (Å²) in [5, 5.41) is 2.05. The number of benzene rings is 1. The average molecular weight is 233 g/mol. The number of hydrogen-bond donors (Lipinski definition) is 1. The molecular formula is C12H15N3S. The van der Waals surface area contributed by atoms with E-state index in [1.54, 1.807) is 11.3 Å². The van der Waals surface area contributed by atoms with Gasteiger partial charge in [0.2, 0.25) is 0 Å². The third-order valence-corrected chi connectivity index (χ3v) is 2.99. The van der Waals surface area contributed by atoms with Crippen molar-refractivity contribution in [1.82, 2.24) is 9.38 Å². The van der Waals surface area contributed by atoms with E-state index in [0.29, 0.717) is 0 Å². The second-order valence-corrected chi connectivity index (χ2v) is 4.32. The highest BCUT2D eigenvalue weighted by Gasteiger charge is 2.02. The molecule has 2 aromatic heterocycles. The van der Waals surface area contributed by atoms with Crippen molar-refractivity contribution in [2.45, 2.75) is 13.3 Å². The van der Waals surface area contributed by atoms with E-state index in [0.717, 1.165) is 23.4 Å². The van der Waals surface area contributed by atoms with Gasteiger partial charge in [-0.05, 0) is 25.1 Å². The molecular weight excluding hydrogens is 218 g/mol. The van der Waals surface area contributed by atoms with E-state index in [9.17, 15) is 0 Å². The van der Waals surface area contributed by atoms with Crippen molar-refractivity contribution in [3.63, 3.8) is 0 Å². The maximum absolute atomic E-state index is 5.03. The number of nitrogens with zero attached hydrogens (tertiary/aromatic N) is 2. The van der Waals surface area contributed by atoms with E-state index in [4.69, 9.17) is 5.73 Å². The van der Waals surface area contributed by atoms with E-state index in [1.807, 2.05) is 18.2 Å². The number of para-hydroxylation sites is 2. The molecule has 84 valence electrons. The van der Waals surface area contributed by atoms with Crippen LogP contribution in [0.15, 0.2) is 35.8 Å². The number of nitrogens with two attached hydrogens (primary N) is 1. The molecule has 0 radical (unpaired) electrons. The summed E-state index contributed by atoms with van der Waals surface area (Å²) in [5.41, 5.74) is 7.29. The first-order valence-corrected chi connectivity index (χ1v) is 6.25. The smallest absolute Gasteiger partial charge is 0.194 e. The van der Waals surface area contributed by atoms with E-state index in [2.05, 4.69) is 34.0 Å². The van der Waals surface area contributed by atoms with Crippen LogP contribution in [0.2, 0.25) is 0 Å². The van der Waals surface area contributed by atoms with E-state index >= 15 is 0 Å². The van der Waals surface area contributed by atoms with Gasteiger partial charge in [0.25, 0.3) is 0 Å². The Bertz CT molecular complexity index is 565. The summed E-state index contributed by atoms with van der Waals surface area (Å²) in [5.74, 6) is 0. The van der Waals surface area contributed by atoms with Gasteiger partial charge in [0.15, 0.2) is 4.96 Å². The molecule has 0 amide bonds. The predicted octanol–water partition coefficient (Wildman–Crippen LogP) is 2.90. The molecule has 0 unspecified atom stereocenters. The number of rotatable bonds is 1. The van der Waals surface area contributed by atoms with Gasteiger partial charge in [-0.3, -0.25) is 4.40 Å². The summed E-state index contributed by atoms with van der Waals surface area (Å²) in [6, 6.07) is 8.17. The van der Waals surface area contributed by atoms with Crippen molar-refractivity contribution in [2.24, 2.45) is 5.73 Å². The van der Waals surface area contributed by atoms with Crippen LogP contribution in [0.5, 0.6) is 0 Å². The zero-order chi connectivity index (χ0) is 11.4. The van der Waals surface area contributed by atoms with Crippen LogP contribution in [0.4, 0.5) is 0 Å². The Morgan fingerprint density at radius 1 is 1.38 bits per heavy atom. The van der Waals surface area contributed by atoms with Gasteiger partial charge in [0.05, 0.1) is 11.0 Å². The number of fused-ring (bicyclic) bond motifs is 3. The number of imidazole rings is 1. The lowest BCUT2D eigenvalue weighted by Gasteiger charge is -1.86. The second-order valence-electron chi connectivity index (χ2n) is 3.44. The van der Waals surface area contributed by atoms with Crippen LogP contribution in [0.3, 0.4) is 0 Å². The maximum Gasteiger partial charge on any atom is 0.194 e. The zero-order valence-corrected chi connectivity index (χ0v) is 10.1. The van der Waals surface area contributed by atoms with Gasteiger partial charge in [-0.15, -0.1) is 11.3 Å². The van der Waals surface area contributed by atoms with Crippen LogP contribution in [0, 0.1) is 0 Å². The molecule has 3 rings (SSSR count). The van der Waals surface area contributed by atoms with Crippen molar-refractivity contribution < 1.29 is 0 Å². The highest BCUT2D eigenvalue weighted by molar-refractivity contribution is 7.15. The fourth-order valence-electron chi connectivity index (χ4n) is 1.40. The van der Waals surface area contributed by atoms with Crippen LogP contribution in [0.25, 0.3) is 16.0 Å². The van der Waals surface area contributed by atoms with Crippen molar-refractivity contribution in [3.8, 4) is 0 Å². The summed E-state index contributed by atoms with van der Waals surface area (Å²) in [6.07, 6.45) is 3.15. The Kier molecular flexibility index (Phi) is 3.54. The topological polar surface area (TPSA) is 43.3 Å². The lowest BCUT2D eigenvalue weighted by Crippen LogP contribution is -1.93. The molecule has 0 fully saturated rings. The first kappa shape index (κ1) is 11.1. The van der Waals surface area contributed by atoms with Crippen LogP contribution < -0.4 is 5.73 Å². The van der Waals surface area contributed by atoms with Crippen molar-refractivity contribution in [3.05, 3.63) is 35.8 Å². The fourth-order valence-corrected chi connectivity index (χ4v) is 2.13. The maximum atomic E-state index is 5.03. The molecule has 0 spiro atoms. The highest BCUT2D eigenvalue weighted by atomic mass is 32.1. The average Bonchev–Trinajstić information content (AvgIpc) is 2.89. The quantitative estimate of drug-likeness (QED) is 0.702. The fraction of sp³-hybridized carbons (Fsp3) is 0.250. The minimum atomic E-state index is 0.819. The van der Waals surface area contributed by atoms with Gasteiger partial charge in [-0.25, -0.2) is 4.98 Å². The lowest BCUT2D eigenvalue weighted by atomic mass is 10.3. The van der Waals surface area contributed by atoms with E-state index in [1.165, 1.54) is 5.52 Å². The Morgan fingerprint density at radius 3 is 2.88 bits per heavy atom. The molecule has 16 heavy (non-hydrogen) atoms. The first-order chi connectivity index (χ1) is 7.86. The molecule has 0 aliphatic carbocycles. The van der Waals surface area contributed by atoms with Gasteiger partial charge < -0.3 is 5.73 Å². The van der Waals surface area contributed by atoms with Gasteiger partial charge >= 0.3 is 0 Å². The Labute approximate surface area is 98.5 Å². The number of thiazole rings is 1. The SMILES string of the molecule is CCCN.c1ccc2c(c1)nc1sccn12. The van der Waals surface area contributed by atoms with Crippen LogP contribution in [0.1, 0.15) is 13.3 Å². The molecule has 0 aliphatic heterocycles. The highest BCUT2D eigenvalue weighted by Crippen LogP contribution is 2.19. The molecule has 3 aromatic rings. The largest absolute Gasteiger partial charge is 0.330 e. The molecule has 3 nitrogen and oxygen atoms in total. The first-order valence-electron chi connectivity index (χ1n) is 5.37. The molecule has 2 N–H and O–H groups in total. The van der Waals surface area contributed by atoms with Crippen LogP contribution in [-0.4, -0.2) is 15.9 Å². The molecule has 0 aliphatic rings. The summed E-state index contributed by atoms with van der Waals surface area (Å²) in [4.78, 5) is 5.52. The molecule has 2 heterocycles. The summed E-state index contributed by atoms with van der Waals surface area (Å²) in [7, 11) is 0. The monoisotopic (exact) mass is 233 g/mol. The summed E-state index contributed by atoms with van der Waals surface area (Å²) < 4.78 is 2.11. The van der Waals surface area contributed by atoms with E-state index < -0.39 is 0 Å². The molecule has 1 aromatic carbocycles. The van der Waals surface area contributed by atoms with Crippen molar-refractivity contribution in [1.29, 1.82) is 0 Å². The second kappa shape index (κ2) is 5.09. The third-order valence-electron chi connectivity index (χ3n) is 2.24. The minimum absolute atomic E-state index is 0.819. The zero-order valence-electron chi connectivity index (χ0n) is 9.26. The van der Waals surface area contributed by atoms with Crippen LogP contribution >= 0.6 is 11.3 Å². The minimum Gasteiger partial charge on any atom is -0.330 e. The molecule has 0 saturated heterocycles.